The van der Waals surface area contributed by atoms with Crippen LogP contribution in [0.5, 0.6) is 0 Å². The minimum absolute atomic E-state index is 0.0474. The van der Waals surface area contributed by atoms with Crippen molar-refractivity contribution in [1.29, 1.82) is 0 Å². The molecule has 33 heavy (non-hydrogen) atoms. The largest absolute Gasteiger partial charge is 0.469 e. The maximum absolute atomic E-state index is 12.4. The van der Waals surface area contributed by atoms with E-state index in [1.165, 1.54) is 11.8 Å². The zero-order valence-electron chi connectivity index (χ0n) is 34.1. The molecule has 0 aromatic rings. The molecule has 0 aliphatic heterocycles. The lowest BCUT2D eigenvalue weighted by atomic mass is 9.75. The first-order chi connectivity index (χ1) is 20.1. The fourth-order valence-corrected chi connectivity index (χ4v) is 4.62. The van der Waals surface area contributed by atoms with Crippen molar-refractivity contribution in [3.63, 3.8) is 0 Å². The molecule has 196 valence electrons. The number of rotatable bonds is 5. The molecule has 2 aliphatic rings. The summed E-state index contributed by atoms with van der Waals surface area (Å²) in [5.74, 6) is -4.36. The number of esters is 2. The molecule has 7 heteroatoms. The van der Waals surface area contributed by atoms with Gasteiger partial charge in [-0.1, -0.05) is 79.9 Å². The maximum atomic E-state index is 12.4. The summed E-state index contributed by atoms with van der Waals surface area (Å²) in [7, 11) is 2.15. The van der Waals surface area contributed by atoms with Crippen LogP contribution in [0, 0.1) is 11.3 Å². The van der Waals surface area contributed by atoms with Gasteiger partial charge in [-0.05, 0) is 25.6 Å². The highest BCUT2D eigenvalue weighted by molar-refractivity contribution is 8.01. The Labute approximate surface area is 235 Å². The fourth-order valence-electron chi connectivity index (χ4n) is 2.29. The minimum atomic E-state index is -2.96. The first-order valence-corrected chi connectivity index (χ1v) is 13.2. The van der Waals surface area contributed by atoms with Crippen LogP contribution in [0.25, 0.3) is 0 Å². The molecule has 0 radical (unpaired) electrons. The van der Waals surface area contributed by atoms with Gasteiger partial charge in [0.15, 0.2) is 0 Å². The molecule has 0 saturated heterocycles. The van der Waals surface area contributed by atoms with Crippen LogP contribution in [0.15, 0.2) is 0 Å². The van der Waals surface area contributed by atoms with Crippen LogP contribution in [0.3, 0.4) is 0 Å². The lowest BCUT2D eigenvalue weighted by molar-refractivity contribution is -0.153. The van der Waals surface area contributed by atoms with E-state index in [1.54, 1.807) is 11.8 Å². The molecule has 2 saturated carbocycles. The molecule has 0 heterocycles. The van der Waals surface area contributed by atoms with Crippen LogP contribution in [0.1, 0.15) is 123 Å². The predicted molar refractivity (Wildman–Crippen MR) is 146 cm³/mol. The van der Waals surface area contributed by atoms with Crippen molar-refractivity contribution in [3.05, 3.63) is 0 Å². The second-order valence-corrected chi connectivity index (χ2v) is 13.4. The third kappa shape index (κ3) is 15.5. The molecule has 0 N–H and O–H groups in total. The Morgan fingerprint density at radius 2 is 1.61 bits per heavy atom. The number of carbonyl (C=O) groups is 2. The molecule has 0 bridgehead atoms. The third-order valence-electron chi connectivity index (χ3n) is 4.12. The van der Waals surface area contributed by atoms with Gasteiger partial charge in [0.05, 0.1) is 30.7 Å². The van der Waals surface area contributed by atoms with Crippen molar-refractivity contribution < 1.29 is 36.9 Å². The number of hydrogen-bond donors (Lipinski definition) is 0. The Balaban J connectivity index is 0.000000746. The lowest BCUT2D eigenvalue weighted by Crippen LogP contribution is -2.38. The van der Waals surface area contributed by atoms with Crippen molar-refractivity contribution in [2.75, 3.05) is 25.2 Å². The number of alkyl halides is 1. The molecule has 2 atom stereocenters. The smallest absolute Gasteiger partial charge is 0.312 e. The van der Waals surface area contributed by atoms with Crippen LogP contribution < -0.4 is 0 Å². The quantitative estimate of drug-likeness (QED) is 0.261. The molecular formula is C26H49ClO4S2. The van der Waals surface area contributed by atoms with Crippen LogP contribution in [-0.2, 0) is 19.1 Å². The summed E-state index contributed by atoms with van der Waals surface area (Å²) >= 11 is 8.56. The van der Waals surface area contributed by atoms with Gasteiger partial charge in [0.25, 0.3) is 0 Å². The molecule has 0 aromatic heterocycles. The van der Waals surface area contributed by atoms with E-state index in [0.717, 1.165) is 14.2 Å². The van der Waals surface area contributed by atoms with Gasteiger partial charge < -0.3 is 9.47 Å². The van der Waals surface area contributed by atoms with E-state index in [-0.39, 0.29) is 23.3 Å². The number of hydrogen-bond acceptors (Lipinski definition) is 6. The number of methoxy groups -OCH3 is 2. The van der Waals surface area contributed by atoms with Gasteiger partial charge >= 0.3 is 11.9 Å². The van der Waals surface area contributed by atoms with Crippen molar-refractivity contribution in [2.24, 2.45) is 11.3 Å². The molecular weight excluding hydrogens is 476 g/mol. The molecule has 2 rings (SSSR count). The van der Waals surface area contributed by atoms with E-state index in [0.29, 0.717) is 9.96 Å². The summed E-state index contributed by atoms with van der Waals surface area (Å²) in [6.45, 7) is 12.2. The summed E-state index contributed by atoms with van der Waals surface area (Å²) in [4.78, 5) is 23.8. The Morgan fingerprint density at radius 3 is 2.09 bits per heavy atom. The second kappa shape index (κ2) is 16.6. The van der Waals surface area contributed by atoms with Crippen LogP contribution in [0.2, 0.25) is 0 Å². The van der Waals surface area contributed by atoms with Gasteiger partial charge in [-0.3, -0.25) is 9.59 Å². The Bertz CT molecular complexity index is 1070. The van der Waals surface area contributed by atoms with Gasteiger partial charge in [0.1, 0.15) is 0 Å². The number of carbonyl (C=O) groups excluding carboxylic acids is 2. The van der Waals surface area contributed by atoms with Gasteiger partial charge in [0, 0.05) is 33.1 Å². The summed E-state index contributed by atoms with van der Waals surface area (Å²) in [6.07, 6.45) is -17.2. The van der Waals surface area contributed by atoms with Crippen molar-refractivity contribution in [3.8, 4) is 0 Å². The molecule has 0 aromatic carbocycles. The number of ether oxygens (including phenoxy) is 2. The lowest BCUT2D eigenvalue weighted by Gasteiger charge is -2.36. The second-order valence-electron chi connectivity index (χ2n) is 9.16. The summed E-state index contributed by atoms with van der Waals surface area (Å²) in [5, 5.41) is 0.698. The Hall–Kier alpha value is -0.0700. The van der Waals surface area contributed by atoms with Gasteiger partial charge in [-0.15, -0.1) is 23.4 Å². The summed E-state index contributed by atoms with van der Waals surface area (Å²) in [6, 6.07) is 0. The van der Waals surface area contributed by atoms with E-state index in [1.807, 2.05) is 20.8 Å². The predicted octanol–water partition coefficient (Wildman–Crippen LogP) is 8.10. The highest BCUT2D eigenvalue weighted by Gasteiger charge is 2.41. The van der Waals surface area contributed by atoms with E-state index in [9.17, 15) is 9.59 Å². The zero-order valence-corrected chi connectivity index (χ0v) is 23.5. The third-order valence-corrected chi connectivity index (χ3v) is 6.92. The molecule has 0 amide bonds. The standard InChI is InChI=1S/C13H24O2S.C8H14O2.C5H11ClS/c1-12(2,3)16-10-13(11(14)15-4)8-6-5-7-9-13;1-10-8(9)7-5-3-2-4-6-7;1-5(2,3)7-4-6/h5-10H2,1-4H3;7H,2-6H2,1H3;4H2,1-3H3/i5D2,6D2,8D2;2D2,3D2,5D2,7D;. The Kier molecular flexibility index (Phi) is 8.35. The van der Waals surface area contributed by atoms with Crippen molar-refractivity contribution in [1.82, 2.24) is 0 Å². The SMILES string of the molecule is CC(C)(C)SCCl.[2H]C1([2H])CCC(CSC(C)(C)C)(C(=O)OC)C([2H])([2H])C1([2H])[2H].[2H]C1([2H])CCC([2H])(C(=O)OC)C([2H])([2H])C1([2H])[2H]. The summed E-state index contributed by atoms with van der Waals surface area (Å²) in [5.41, 5.74) is -1.70. The van der Waals surface area contributed by atoms with E-state index in [2.05, 4.69) is 25.5 Å². The zero-order chi connectivity index (χ0) is 37.2. The Morgan fingerprint density at radius 1 is 1.00 bits per heavy atom. The van der Waals surface area contributed by atoms with Crippen molar-refractivity contribution >= 4 is 47.1 Å². The molecule has 2 unspecified atom stereocenters. The van der Waals surface area contributed by atoms with Gasteiger partial charge in [-0.2, -0.15) is 11.8 Å². The van der Waals surface area contributed by atoms with Crippen molar-refractivity contribution in [2.45, 2.75) is 115 Å². The van der Waals surface area contributed by atoms with Crippen LogP contribution >= 0.6 is 35.1 Å². The van der Waals surface area contributed by atoms with E-state index < -0.39 is 74.3 Å². The van der Waals surface area contributed by atoms with Crippen LogP contribution in [-0.4, -0.2) is 46.6 Å². The first kappa shape index (κ1) is 16.6. The number of thioether (sulfide) groups is 2. The van der Waals surface area contributed by atoms with Gasteiger partial charge in [0.2, 0.25) is 0 Å². The monoisotopic (exact) mass is 537 g/mol. The first-order valence-electron chi connectivity index (χ1n) is 17.2. The van der Waals surface area contributed by atoms with E-state index in [4.69, 9.17) is 34.2 Å². The molecule has 2 fully saturated rings. The normalized spacial score (nSPS) is 40.5. The average Bonchev–Trinajstić information content (AvgIpc) is 2.88. The molecule has 4 nitrogen and oxygen atoms in total. The topological polar surface area (TPSA) is 52.6 Å². The van der Waals surface area contributed by atoms with Crippen LogP contribution in [0.4, 0.5) is 0 Å². The van der Waals surface area contributed by atoms with Gasteiger partial charge in [-0.25, -0.2) is 0 Å². The van der Waals surface area contributed by atoms with E-state index >= 15 is 0 Å². The number of halogens is 1. The highest BCUT2D eigenvalue weighted by atomic mass is 35.5. The fraction of sp³-hybridized carbons (Fsp3) is 0.923. The maximum Gasteiger partial charge on any atom is 0.312 e. The molecule has 0 spiro atoms. The molecule has 2 aliphatic carbocycles. The highest BCUT2D eigenvalue weighted by Crippen LogP contribution is 2.42. The minimum Gasteiger partial charge on any atom is -0.469 e. The summed E-state index contributed by atoms with van der Waals surface area (Å²) < 4.78 is 110. The average molecular weight is 538 g/mol.